The minimum Gasteiger partial charge on any atom is -0.305 e. The highest BCUT2D eigenvalue weighted by molar-refractivity contribution is 6.07. The first-order valence-corrected chi connectivity index (χ1v) is 7.66. The summed E-state index contributed by atoms with van der Waals surface area (Å²) in [5, 5.41) is 4.04. The minimum atomic E-state index is -0.667. The molecule has 1 aliphatic rings. The van der Waals surface area contributed by atoms with E-state index in [1.165, 1.54) is 11.9 Å². The van der Waals surface area contributed by atoms with Crippen LogP contribution >= 0.6 is 0 Å². The van der Waals surface area contributed by atoms with Crippen LogP contribution in [0.1, 0.15) is 33.6 Å². The third-order valence-electron chi connectivity index (χ3n) is 4.44. The van der Waals surface area contributed by atoms with Gasteiger partial charge < -0.3 is 4.90 Å². The monoisotopic (exact) mass is 333 g/mol. The number of fused-ring (bicyclic) bond motifs is 1. The molecule has 0 saturated heterocycles. The molecule has 0 N–H and O–H groups in total. The average Bonchev–Trinajstić information content (AvgIpc) is 2.56. The molecular formula is C17H17F2N3O2. The van der Waals surface area contributed by atoms with E-state index in [1.54, 1.807) is 13.8 Å². The predicted molar refractivity (Wildman–Crippen MR) is 85.3 cm³/mol. The van der Waals surface area contributed by atoms with Gasteiger partial charge in [-0.1, -0.05) is 0 Å². The molecule has 0 radical (unpaired) electrons. The summed E-state index contributed by atoms with van der Waals surface area (Å²) in [4.78, 5) is 26.5. The van der Waals surface area contributed by atoms with Crippen molar-refractivity contribution in [1.29, 1.82) is 0 Å². The van der Waals surface area contributed by atoms with Crippen molar-refractivity contribution in [3.8, 4) is 0 Å². The summed E-state index contributed by atoms with van der Waals surface area (Å²) < 4.78 is 29.4. The number of hydrogen-bond donors (Lipinski definition) is 0. The Labute approximate surface area is 137 Å². The molecule has 7 heteroatoms. The van der Waals surface area contributed by atoms with Crippen molar-refractivity contribution in [3.05, 3.63) is 56.5 Å². The van der Waals surface area contributed by atoms with Crippen LogP contribution in [0.15, 0.2) is 16.9 Å². The molecule has 1 aromatic heterocycles. The Morgan fingerprint density at radius 1 is 1.21 bits per heavy atom. The van der Waals surface area contributed by atoms with E-state index >= 15 is 0 Å². The number of nitrogens with zero attached hydrogens (tertiary/aromatic N) is 3. The van der Waals surface area contributed by atoms with E-state index in [1.807, 2.05) is 0 Å². The molecule has 2 aromatic rings. The average molecular weight is 333 g/mol. The Kier molecular flexibility index (Phi) is 3.95. The second-order valence-corrected chi connectivity index (χ2v) is 5.93. The SMILES string of the molecule is Cc1nn(C)c(=O)c(C(=O)N2CCCc3c(F)ccc(F)c32)c1C. The number of rotatable bonds is 1. The third-order valence-corrected chi connectivity index (χ3v) is 4.44. The first-order chi connectivity index (χ1) is 11.3. The van der Waals surface area contributed by atoms with Gasteiger partial charge in [0.25, 0.3) is 11.5 Å². The summed E-state index contributed by atoms with van der Waals surface area (Å²) in [5.41, 5.74) is 0.495. The second kappa shape index (κ2) is 5.81. The standard InChI is InChI=1S/C17H17F2N3O2/c1-9-10(2)20-21(3)16(23)14(9)17(24)22-8-4-5-11-12(18)6-7-13(19)15(11)22/h6-7H,4-5,8H2,1-3H3. The van der Waals surface area contributed by atoms with Crippen LogP contribution in [-0.4, -0.2) is 22.2 Å². The van der Waals surface area contributed by atoms with Crippen molar-refractivity contribution in [2.75, 3.05) is 11.4 Å². The van der Waals surface area contributed by atoms with Gasteiger partial charge in [-0.15, -0.1) is 0 Å². The smallest absolute Gasteiger partial charge is 0.279 e. The Morgan fingerprint density at radius 2 is 1.88 bits per heavy atom. The van der Waals surface area contributed by atoms with Crippen LogP contribution in [0.5, 0.6) is 0 Å². The summed E-state index contributed by atoms with van der Waals surface area (Å²) in [7, 11) is 1.45. The lowest BCUT2D eigenvalue weighted by atomic mass is 9.99. The van der Waals surface area contributed by atoms with Crippen LogP contribution in [-0.2, 0) is 13.5 Å². The van der Waals surface area contributed by atoms with Crippen LogP contribution in [0, 0.1) is 25.5 Å². The van der Waals surface area contributed by atoms with Crippen LogP contribution < -0.4 is 10.5 Å². The lowest BCUT2D eigenvalue weighted by Crippen LogP contribution is -2.41. The largest absolute Gasteiger partial charge is 0.305 e. The van der Waals surface area contributed by atoms with Crippen LogP contribution in [0.2, 0.25) is 0 Å². The van der Waals surface area contributed by atoms with Gasteiger partial charge in [0.15, 0.2) is 0 Å². The van der Waals surface area contributed by atoms with Crippen molar-refractivity contribution in [1.82, 2.24) is 9.78 Å². The van der Waals surface area contributed by atoms with Crippen molar-refractivity contribution in [2.24, 2.45) is 7.05 Å². The van der Waals surface area contributed by atoms with E-state index in [0.717, 1.165) is 16.8 Å². The number of hydrogen-bond acceptors (Lipinski definition) is 3. The van der Waals surface area contributed by atoms with Gasteiger partial charge in [0.05, 0.1) is 11.4 Å². The summed E-state index contributed by atoms with van der Waals surface area (Å²) in [6.45, 7) is 3.55. The van der Waals surface area contributed by atoms with Crippen LogP contribution in [0.25, 0.3) is 0 Å². The fourth-order valence-corrected chi connectivity index (χ4v) is 3.08. The molecule has 0 unspecified atom stereocenters. The quantitative estimate of drug-likeness (QED) is 0.804. The number of anilines is 1. The number of carbonyl (C=O) groups excluding carboxylic acids is 1. The molecule has 0 atom stereocenters. The zero-order valence-electron chi connectivity index (χ0n) is 13.7. The second-order valence-electron chi connectivity index (χ2n) is 5.93. The van der Waals surface area contributed by atoms with Gasteiger partial charge >= 0.3 is 0 Å². The molecule has 0 aliphatic carbocycles. The highest BCUT2D eigenvalue weighted by Gasteiger charge is 2.31. The molecule has 2 heterocycles. The Hall–Kier alpha value is -2.57. The first kappa shape index (κ1) is 16.3. The summed E-state index contributed by atoms with van der Waals surface area (Å²) in [5.74, 6) is -1.83. The lowest BCUT2D eigenvalue weighted by Gasteiger charge is -2.30. The number of carbonyl (C=O) groups is 1. The fourth-order valence-electron chi connectivity index (χ4n) is 3.08. The van der Waals surface area contributed by atoms with Gasteiger partial charge in [0, 0.05) is 19.2 Å². The highest BCUT2D eigenvalue weighted by atomic mass is 19.1. The van der Waals surface area contributed by atoms with E-state index in [0.29, 0.717) is 24.1 Å². The van der Waals surface area contributed by atoms with Gasteiger partial charge in [-0.2, -0.15) is 5.10 Å². The Bertz CT molecular complexity index is 906. The molecule has 0 bridgehead atoms. The van der Waals surface area contributed by atoms with E-state index in [4.69, 9.17) is 0 Å². The number of benzene rings is 1. The van der Waals surface area contributed by atoms with E-state index in [9.17, 15) is 18.4 Å². The summed E-state index contributed by atoms with van der Waals surface area (Å²) in [6.07, 6.45) is 0.859. The fraction of sp³-hybridized carbons (Fsp3) is 0.353. The third kappa shape index (κ3) is 2.40. The molecule has 0 saturated carbocycles. The number of aromatic nitrogens is 2. The molecule has 0 fully saturated rings. The topological polar surface area (TPSA) is 55.2 Å². The highest BCUT2D eigenvalue weighted by Crippen LogP contribution is 2.33. The predicted octanol–water partition coefficient (Wildman–Crippen LogP) is 2.27. The summed E-state index contributed by atoms with van der Waals surface area (Å²) in [6, 6.07) is 2.06. The first-order valence-electron chi connectivity index (χ1n) is 7.66. The molecule has 126 valence electrons. The maximum absolute atomic E-state index is 14.3. The van der Waals surface area contributed by atoms with Gasteiger partial charge in [-0.05, 0) is 44.4 Å². The van der Waals surface area contributed by atoms with Gasteiger partial charge in [0.2, 0.25) is 0 Å². The molecular weight excluding hydrogens is 316 g/mol. The van der Waals surface area contributed by atoms with Crippen molar-refractivity contribution >= 4 is 11.6 Å². The molecule has 24 heavy (non-hydrogen) atoms. The molecule has 5 nitrogen and oxygen atoms in total. The molecule has 1 aliphatic heterocycles. The number of amides is 1. The van der Waals surface area contributed by atoms with Gasteiger partial charge in [-0.3, -0.25) is 9.59 Å². The Balaban J connectivity index is 2.19. The van der Waals surface area contributed by atoms with Crippen molar-refractivity contribution < 1.29 is 13.6 Å². The van der Waals surface area contributed by atoms with E-state index in [-0.39, 0.29) is 23.4 Å². The van der Waals surface area contributed by atoms with E-state index in [2.05, 4.69) is 5.10 Å². The maximum Gasteiger partial charge on any atom is 0.279 e. The molecule has 1 aromatic carbocycles. The molecule has 1 amide bonds. The zero-order chi connectivity index (χ0) is 17.6. The van der Waals surface area contributed by atoms with Crippen molar-refractivity contribution in [3.63, 3.8) is 0 Å². The number of aryl methyl sites for hydroxylation is 2. The van der Waals surface area contributed by atoms with Crippen LogP contribution in [0.4, 0.5) is 14.5 Å². The van der Waals surface area contributed by atoms with Crippen molar-refractivity contribution in [2.45, 2.75) is 26.7 Å². The number of halogens is 2. The normalized spacial score (nSPS) is 13.8. The van der Waals surface area contributed by atoms with Crippen LogP contribution in [0.3, 0.4) is 0 Å². The molecule has 3 rings (SSSR count). The van der Waals surface area contributed by atoms with Gasteiger partial charge in [-0.25, -0.2) is 13.5 Å². The van der Waals surface area contributed by atoms with Gasteiger partial charge in [0.1, 0.15) is 17.2 Å². The lowest BCUT2D eigenvalue weighted by molar-refractivity contribution is 0.0981. The van der Waals surface area contributed by atoms with E-state index < -0.39 is 23.1 Å². The maximum atomic E-state index is 14.3. The zero-order valence-corrected chi connectivity index (χ0v) is 13.7. The Morgan fingerprint density at radius 3 is 2.58 bits per heavy atom. The summed E-state index contributed by atoms with van der Waals surface area (Å²) >= 11 is 0. The molecule has 0 spiro atoms. The minimum absolute atomic E-state index is 0.0542.